The molecular formula is C18H32N6. The molecule has 1 aromatic heterocycles. The van der Waals surface area contributed by atoms with Crippen molar-refractivity contribution in [2.75, 3.05) is 39.3 Å². The van der Waals surface area contributed by atoms with Gasteiger partial charge in [-0.15, -0.1) is 0 Å². The van der Waals surface area contributed by atoms with Crippen molar-refractivity contribution in [3.05, 3.63) is 18.0 Å². The maximum absolute atomic E-state index is 4.98. The van der Waals surface area contributed by atoms with Gasteiger partial charge in [-0.25, -0.2) is 0 Å². The number of aliphatic imine (C=N–C) groups is 1. The van der Waals surface area contributed by atoms with Crippen molar-refractivity contribution in [2.45, 2.75) is 45.1 Å². The lowest BCUT2D eigenvalue weighted by Gasteiger charge is -2.24. The summed E-state index contributed by atoms with van der Waals surface area (Å²) in [5.74, 6) is 1.66. The van der Waals surface area contributed by atoms with Gasteiger partial charge in [0.25, 0.3) is 0 Å². The van der Waals surface area contributed by atoms with Crippen LogP contribution in [0.2, 0.25) is 0 Å². The molecule has 24 heavy (non-hydrogen) atoms. The number of likely N-dealkylation sites (tertiary alicyclic amines) is 2. The van der Waals surface area contributed by atoms with Gasteiger partial charge < -0.3 is 10.2 Å². The monoisotopic (exact) mass is 332 g/mol. The summed E-state index contributed by atoms with van der Waals surface area (Å²) in [6.45, 7) is 10.8. The van der Waals surface area contributed by atoms with Gasteiger partial charge in [-0.1, -0.05) is 6.92 Å². The third-order valence-electron chi connectivity index (χ3n) is 5.38. The number of hydrogen-bond donors (Lipinski definition) is 1. The lowest BCUT2D eigenvalue weighted by atomic mass is 10.0. The molecule has 0 bridgehead atoms. The molecule has 0 aromatic carbocycles. The molecule has 2 saturated heterocycles. The molecule has 1 aromatic rings. The van der Waals surface area contributed by atoms with E-state index in [1.165, 1.54) is 31.4 Å². The Morgan fingerprint density at radius 3 is 2.92 bits per heavy atom. The third kappa shape index (κ3) is 3.91. The first kappa shape index (κ1) is 17.3. The molecule has 0 spiro atoms. The minimum absolute atomic E-state index is 0.571. The van der Waals surface area contributed by atoms with Gasteiger partial charge in [0.1, 0.15) is 0 Å². The van der Waals surface area contributed by atoms with Gasteiger partial charge in [-0.2, -0.15) is 5.10 Å². The lowest BCUT2D eigenvalue weighted by Crippen LogP contribution is -2.41. The molecule has 2 aliphatic heterocycles. The van der Waals surface area contributed by atoms with Crippen LogP contribution in [0.15, 0.2) is 17.4 Å². The summed E-state index contributed by atoms with van der Waals surface area (Å²) >= 11 is 0. The fourth-order valence-electron chi connectivity index (χ4n) is 4.01. The van der Waals surface area contributed by atoms with Gasteiger partial charge in [0.2, 0.25) is 0 Å². The number of guanidine groups is 1. The smallest absolute Gasteiger partial charge is 0.193 e. The second-order valence-corrected chi connectivity index (χ2v) is 7.00. The van der Waals surface area contributed by atoms with Crippen LogP contribution in [0.1, 0.15) is 44.6 Å². The molecule has 2 atom stereocenters. The van der Waals surface area contributed by atoms with Crippen LogP contribution >= 0.6 is 0 Å². The first-order valence-corrected chi connectivity index (χ1v) is 9.47. The first-order chi connectivity index (χ1) is 11.7. The number of aryl methyl sites for hydroxylation is 1. The number of rotatable bonds is 5. The fourth-order valence-corrected chi connectivity index (χ4v) is 4.01. The van der Waals surface area contributed by atoms with E-state index in [1.807, 2.05) is 17.9 Å². The number of likely N-dealkylation sites (N-methyl/N-ethyl adjacent to an activating group) is 1. The van der Waals surface area contributed by atoms with E-state index in [9.17, 15) is 0 Å². The quantitative estimate of drug-likeness (QED) is 0.658. The average molecular weight is 332 g/mol. The van der Waals surface area contributed by atoms with Gasteiger partial charge in [0.05, 0.1) is 12.7 Å². The van der Waals surface area contributed by atoms with Crippen LogP contribution < -0.4 is 5.32 Å². The van der Waals surface area contributed by atoms with Crippen molar-refractivity contribution in [1.29, 1.82) is 0 Å². The maximum atomic E-state index is 4.98. The highest BCUT2D eigenvalue weighted by Crippen LogP contribution is 2.26. The summed E-state index contributed by atoms with van der Waals surface area (Å²) in [7, 11) is 1.99. The second-order valence-electron chi connectivity index (χ2n) is 7.00. The highest BCUT2D eigenvalue weighted by Gasteiger charge is 2.28. The van der Waals surface area contributed by atoms with E-state index in [1.54, 1.807) is 0 Å². The maximum Gasteiger partial charge on any atom is 0.193 e. The predicted molar refractivity (Wildman–Crippen MR) is 98.4 cm³/mol. The van der Waals surface area contributed by atoms with Crippen molar-refractivity contribution < 1.29 is 0 Å². The fraction of sp³-hybridized carbons (Fsp3) is 0.778. The molecule has 1 N–H and O–H groups in total. The third-order valence-corrected chi connectivity index (χ3v) is 5.38. The van der Waals surface area contributed by atoms with Gasteiger partial charge in [-0.3, -0.25) is 14.6 Å². The molecule has 6 nitrogen and oxygen atoms in total. The Labute approximate surface area is 145 Å². The summed E-state index contributed by atoms with van der Waals surface area (Å²) in [6.07, 6.45) is 7.94. The summed E-state index contributed by atoms with van der Waals surface area (Å²) in [5.41, 5.74) is 1.35. The van der Waals surface area contributed by atoms with Gasteiger partial charge >= 0.3 is 0 Å². The highest BCUT2D eigenvalue weighted by atomic mass is 15.3. The molecule has 3 heterocycles. The largest absolute Gasteiger partial charge is 0.357 e. The summed E-state index contributed by atoms with van der Waals surface area (Å²) in [5, 5.41) is 7.82. The van der Waals surface area contributed by atoms with E-state index in [2.05, 4.69) is 40.3 Å². The Morgan fingerprint density at radius 2 is 2.21 bits per heavy atom. The predicted octanol–water partition coefficient (Wildman–Crippen LogP) is 1.66. The zero-order valence-electron chi connectivity index (χ0n) is 15.4. The van der Waals surface area contributed by atoms with Crippen LogP contribution in [0.3, 0.4) is 0 Å². The molecule has 2 aliphatic rings. The van der Waals surface area contributed by atoms with Gasteiger partial charge in [-0.05, 0) is 44.8 Å². The number of nitrogens with zero attached hydrogens (tertiary/aromatic N) is 5. The first-order valence-electron chi connectivity index (χ1n) is 9.47. The van der Waals surface area contributed by atoms with Gasteiger partial charge in [0.15, 0.2) is 5.96 Å². The molecule has 2 unspecified atom stereocenters. The van der Waals surface area contributed by atoms with Gasteiger partial charge in [0, 0.05) is 44.8 Å². The SMILES string of the molecule is CCNC(=NCC1CCCN1CC)N1CCC(c2cnn(C)c2)C1. The second kappa shape index (κ2) is 8.01. The highest BCUT2D eigenvalue weighted by molar-refractivity contribution is 5.80. The molecule has 3 rings (SSSR count). The van der Waals surface area contributed by atoms with Crippen LogP contribution in [0.25, 0.3) is 0 Å². The van der Waals surface area contributed by atoms with Crippen molar-refractivity contribution >= 4 is 5.96 Å². The molecular weight excluding hydrogens is 300 g/mol. The Bertz CT molecular complexity index is 551. The van der Waals surface area contributed by atoms with Crippen LogP contribution in [0, 0.1) is 0 Å². The molecule has 0 amide bonds. The van der Waals surface area contributed by atoms with Crippen molar-refractivity contribution in [3.8, 4) is 0 Å². The van der Waals surface area contributed by atoms with Crippen molar-refractivity contribution in [1.82, 2.24) is 24.9 Å². The molecule has 0 aliphatic carbocycles. The molecule has 2 fully saturated rings. The lowest BCUT2D eigenvalue weighted by molar-refractivity contribution is 0.272. The Morgan fingerprint density at radius 1 is 1.33 bits per heavy atom. The zero-order valence-corrected chi connectivity index (χ0v) is 15.4. The van der Waals surface area contributed by atoms with E-state index in [0.717, 1.165) is 38.7 Å². The molecule has 0 radical (unpaired) electrons. The minimum atomic E-state index is 0.571. The Balaban J connectivity index is 1.62. The number of hydrogen-bond acceptors (Lipinski definition) is 3. The van der Waals surface area contributed by atoms with E-state index < -0.39 is 0 Å². The number of aromatic nitrogens is 2. The summed E-state index contributed by atoms with van der Waals surface area (Å²) < 4.78 is 1.90. The van der Waals surface area contributed by atoms with E-state index in [0.29, 0.717) is 12.0 Å². The standard InChI is InChI=1S/C18H32N6/c1-4-19-18(20-12-17-7-6-9-23(17)5-2)24-10-8-15(14-24)16-11-21-22(3)13-16/h11,13,15,17H,4-10,12,14H2,1-3H3,(H,19,20). The van der Waals surface area contributed by atoms with Crippen molar-refractivity contribution in [2.24, 2.45) is 12.0 Å². The summed E-state index contributed by atoms with van der Waals surface area (Å²) in [4.78, 5) is 9.97. The number of nitrogens with one attached hydrogen (secondary N) is 1. The molecule has 134 valence electrons. The summed E-state index contributed by atoms with van der Waals surface area (Å²) in [6, 6.07) is 0.625. The van der Waals surface area contributed by atoms with Crippen LogP contribution in [0.5, 0.6) is 0 Å². The Hall–Kier alpha value is -1.56. The topological polar surface area (TPSA) is 48.7 Å². The molecule has 6 heteroatoms. The molecule has 0 saturated carbocycles. The zero-order chi connectivity index (χ0) is 16.9. The van der Waals surface area contributed by atoms with E-state index in [4.69, 9.17) is 4.99 Å². The van der Waals surface area contributed by atoms with Crippen LogP contribution in [0.4, 0.5) is 0 Å². The average Bonchev–Trinajstić information content (AvgIpc) is 3.31. The van der Waals surface area contributed by atoms with E-state index in [-0.39, 0.29) is 0 Å². The van der Waals surface area contributed by atoms with Crippen LogP contribution in [-0.4, -0.2) is 70.9 Å². The van der Waals surface area contributed by atoms with Crippen LogP contribution in [-0.2, 0) is 7.05 Å². The Kier molecular flexibility index (Phi) is 5.76. The normalized spacial score (nSPS) is 25.6. The van der Waals surface area contributed by atoms with E-state index >= 15 is 0 Å². The minimum Gasteiger partial charge on any atom is -0.357 e. The van der Waals surface area contributed by atoms with Crippen molar-refractivity contribution in [3.63, 3.8) is 0 Å².